The van der Waals surface area contributed by atoms with E-state index in [1.165, 1.54) is 10.5 Å². The van der Waals surface area contributed by atoms with Gasteiger partial charge in [-0.1, -0.05) is 37.3 Å². The molecule has 3 atom stereocenters. The van der Waals surface area contributed by atoms with E-state index in [0.29, 0.717) is 5.92 Å². The lowest BCUT2D eigenvalue weighted by atomic mass is 10.1. The van der Waals surface area contributed by atoms with Crippen molar-refractivity contribution in [1.82, 2.24) is 0 Å². The van der Waals surface area contributed by atoms with Crippen molar-refractivity contribution in [1.29, 1.82) is 0 Å². The summed E-state index contributed by atoms with van der Waals surface area (Å²) in [6.07, 6.45) is 0.803. The zero-order chi connectivity index (χ0) is 11.5. The zero-order valence-corrected chi connectivity index (χ0v) is 9.52. The molecule has 0 radical (unpaired) electrons. The summed E-state index contributed by atoms with van der Waals surface area (Å²) in [6, 6.07) is 9.90. The molecule has 1 aliphatic heterocycles. The molecule has 0 saturated carbocycles. The van der Waals surface area contributed by atoms with Crippen LogP contribution in [0.15, 0.2) is 30.3 Å². The van der Waals surface area contributed by atoms with Crippen LogP contribution in [0.5, 0.6) is 0 Å². The summed E-state index contributed by atoms with van der Waals surface area (Å²) in [4.78, 5) is 12.3. The van der Waals surface area contributed by atoms with Crippen LogP contribution >= 0.6 is 0 Å². The van der Waals surface area contributed by atoms with E-state index in [1.807, 2.05) is 18.2 Å². The average Bonchev–Trinajstić information content (AvgIpc) is 2.61. The fraction of sp³-hybridized carbons (Fsp3) is 0.462. The van der Waals surface area contributed by atoms with Gasteiger partial charge in [-0.25, -0.2) is 4.79 Å². The van der Waals surface area contributed by atoms with E-state index in [0.717, 1.165) is 19.5 Å². The van der Waals surface area contributed by atoms with Crippen molar-refractivity contribution in [3.63, 3.8) is 0 Å². The summed E-state index contributed by atoms with van der Waals surface area (Å²) in [5, 5.41) is 9.16. The molecule has 3 nitrogen and oxygen atoms in total. The molecule has 16 heavy (non-hydrogen) atoms. The molecule has 0 amide bonds. The number of carboxylic acid groups (broad SMARTS) is 1. The quantitative estimate of drug-likeness (QED) is 0.781. The minimum atomic E-state index is -0.657. The molecule has 1 fully saturated rings. The van der Waals surface area contributed by atoms with Gasteiger partial charge in [-0.2, -0.15) is 0 Å². The van der Waals surface area contributed by atoms with Gasteiger partial charge in [0, 0.05) is 17.9 Å². The molecule has 1 heterocycles. The highest BCUT2D eigenvalue weighted by molar-refractivity contribution is 5.72. The van der Waals surface area contributed by atoms with Crippen LogP contribution in [0.3, 0.4) is 0 Å². The molecular formula is C13H18NO2+. The first-order chi connectivity index (χ1) is 7.66. The third-order valence-corrected chi connectivity index (χ3v) is 3.31. The highest BCUT2D eigenvalue weighted by Gasteiger charge is 2.38. The fourth-order valence-electron chi connectivity index (χ4n) is 2.57. The Hall–Kier alpha value is -1.35. The number of quaternary nitrogens is 1. The molecule has 0 bridgehead atoms. The summed E-state index contributed by atoms with van der Waals surface area (Å²) < 4.78 is 0. The molecule has 0 aromatic heterocycles. The van der Waals surface area contributed by atoms with E-state index in [2.05, 4.69) is 19.1 Å². The molecule has 0 spiro atoms. The van der Waals surface area contributed by atoms with Gasteiger partial charge < -0.3 is 10.0 Å². The number of aliphatic carboxylic acids is 1. The van der Waals surface area contributed by atoms with Gasteiger partial charge in [0.05, 0.1) is 6.54 Å². The van der Waals surface area contributed by atoms with Gasteiger partial charge >= 0.3 is 5.97 Å². The molecule has 1 unspecified atom stereocenters. The highest BCUT2D eigenvalue weighted by atomic mass is 16.4. The molecule has 2 rings (SSSR count). The fourth-order valence-corrected chi connectivity index (χ4v) is 2.57. The molecule has 1 aromatic carbocycles. The first kappa shape index (κ1) is 11.1. The van der Waals surface area contributed by atoms with Crippen molar-refractivity contribution in [2.45, 2.75) is 25.9 Å². The van der Waals surface area contributed by atoms with E-state index >= 15 is 0 Å². The summed E-state index contributed by atoms with van der Waals surface area (Å²) in [6.45, 7) is 3.92. The third kappa shape index (κ3) is 2.42. The Morgan fingerprint density at radius 2 is 2.12 bits per heavy atom. The lowest BCUT2D eigenvalue weighted by Gasteiger charge is -2.18. The van der Waals surface area contributed by atoms with E-state index < -0.39 is 5.97 Å². The van der Waals surface area contributed by atoms with E-state index in [1.54, 1.807) is 0 Å². The minimum Gasteiger partial charge on any atom is -0.477 e. The number of likely N-dealkylation sites (tertiary alicyclic amines) is 1. The van der Waals surface area contributed by atoms with E-state index in [4.69, 9.17) is 5.11 Å². The number of nitrogens with one attached hydrogen (secondary N) is 1. The van der Waals surface area contributed by atoms with Crippen molar-refractivity contribution in [2.75, 3.05) is 6.54 Å². The Kier molecular flexibility index (Phi) is 3.25. The van der Waals surface area contributed by atoms with Gasteiger partial charge in [-0.15, -0.1) is 0 Å². The first-order valence-electron chi connectivity index (χ1n) is 5.78. The standard InChI is InChI=1S/C13H17NO2/c1-10-7-12(13(15)16)14(8-10)9-11-5-3-2-4-6-11/h2-6,10,12H,7-9H2,1H3,(H,15,16)/p+1/t10-,12+/m0/s1. The highest BCUT2D eigenvalue weighted by Crippen LogP contribution is 2.10. The van der Waals surface area contributed by atoms with Gasteiger partial charge in [-0.05, 0) is 0 Å². The van der Waals surface area contributed by atoms with Crippen LogP contribution in [-0.2, 0) is 11.3 Å². The monoisotopic (exact) mass is 220 g/mol. The number of benzene rings is 1. The average molecular weight is 220 g/mol. The molecule has 1 aliphatic rings. The van der Waals surface area contributed by atoms with Crippen LogP contribution in [0.2, 0.25) is 0 Å². The van der Waals surface area contributed by atoms with Crippen molar-refractivity contribution in [3.8, 4) is 0 Å². The minimum absolute atomic E-state index is 0.227. The van der Waals surface area contributed by atoms with Crippen molar-refractivity contribution in [2.24, 2.45) is 5.92 Å². The first-order valence-corrected chi connectivity index (χ1v) is 5.78. The lowest BCUT2D eigenvalue weighted by Crippen LogP contribution is -3.13. The maximum Gasteiger partial charge on any atom is 0.362 e. The summed E-state index contributed by atoms with van der Waals surface area (Å²) in [5.41, 5.74) is 1.22. The van der Waals surface area contributed by atoms with Crippen LogP contribution < -0.4 is 4.90 Å². The Balaban J connectivity index is 2.06. The van der Waals surface area contributed by atoms with Crippen molar-refractivity contribution >= 4 is 5.97 Å². The molecule has 0 aliphatic carbocycles. The van der Waals surface area contributed by atoms with Gasteiger partial charge in [0.2, 0.25) is 0 Å². The molecular weight excluding hydrogens is 202 g/mol. The second-order valence-electron chi connectivity index (χ2n) is 4.76. The van der Waals surface area contributed by atoms with Crippen molar-refractivity contribution < 1.29 is 14.8 Å². The number of hydrogen-bond donors (Lipinski definition) is 2. The smallest absolute Gasteiger partial charge is 0.362 e. The van der Waals surface area contributed by atoms with Crippen LogP contribution in [-0.4, -0.2) is 23.7 Å². The number of rotatable bonds is 3. The SMILES string of the molecule is C[C@H]1C[C@H](C(=O)O)[NH+](Cc2ccccc2)C1. The summed E-state index contributed by atoms with van der Waals surface area (Å²) in [5.74, 6) is -0.143. The molecule has 1 aromatic rings. The predicted molar refractivity (Wildman–Crippen MR) is 61.2 cm³/mol. The second-order valence-corrected chi connectivity index (χ2v) is 4.76. The molecule has 1 saturated heterocycles. The van der Waals surface area contributed by atoms with E-state index in [9.17, 15) is 4.79 Å². The third-order valence-electron chi connectivity index (χ3n) is 3.31. The molecule has 86 valence electrons. The van der Waals surface area contributed by atoms with Gasteiger partial charge in [-0.3, -0.25) is 0 Å². The summed E-state index contributed by atoms with van der Waals surface area (Å²) >= 11 is 0. The Morgan fingerprint density at radius 3 is 2.75 bits per heavy atom. The van der Waals surface area contributed by atoms with Crippen LogP contribution in [0.4, 0.5) is 0 Å². The Labute approximate surface area is 95.7 Å². The predicted octanol–water partition coefficient (Wildman–Crippen LogP) is 0.565. The topological polar surface area (TPSA) is 41.7 Å². The van der Waals surface area contributed by atoms with E-state index in [-0.39, 0.29) is 6.04 Å². The van der Waals surface area contributed by atoms with Crippen LogP contribution in [0.25, 0.3) is 0 Å². The maximum absolute atomic E-state index is 11.1. The largest absolute Gasteiger partial charge is 0.477 e. The van der Waals surface area contributed by atoms with Crippen molar-refractivity contribution in [3.05, 3.63) is 35.9 Å². The maximum atomic E-state index is 11.1. The number of hydrogen-bond acceptors (Lipinski definition) is 1. The lowest BCUT2D eigenvalue weighted by molar-refractivity contribution is -0.918. The normalized spacial score (nSPS) is 29.2. The number of carbonyl (C=O) groups is 1. The van der Waals surface area contributed by atoms with Gasteiger partial charge in [0.1, 0.15) is 6.54 Å². The van der Waals surface area contributed by atoms with Crippen LogP contribution in [0.1, 0.15) is 18.9 Å². The Morgan fingerprint density at radius 1 is 1.44 bits per heavy atom. The molecule has 3 heteroatoms. The van der Waals surface area contributed by atoms with Crippen LogP contribution in [0, 0.1) is 5.92 Å². The second kappa shape index (κ2) is 4.66. The zero-order valence-electron chi connectivity index (χ0n) is 9.52. The van der Waals surface area contributed by atoms with Gasteiger partial charge in [0.25, 0.3) is 0 Å². The summed E-state index contributed by atoms with van der Waals surface area (Å²) in [7, 11) is 0. The van der Waals surface area contributed by atoms with Gasteiger partial charge in [0.15, 0.2) is 6.04 Å². The Bertz CT molecular complexity index is 363. The molecule has 2 N–H and O–H groups in total. The number of carboxylic acids is 1.